The Hall–Kier alpha value is -2.66. The number of hydrogen-bond donors (Lipinski definition) is 4. The van der Waals surface area contributed by atoms with Crippen molar-refractivity contribution in [3.05, 3.63) is 34.9 Å². The predicted molar refractivity (Wildman–Crippen MR) is 137 cm³/mol. The van der Waals surface area contributed by atoms with E-state index in [0.29, 0.717) is 41.2 Å². The van der Waals surface area contributed by atoms with Gasteiger partial charge in [0.2, 0.25) is 5.91 Å². The zero-order chi connectivity index (χ0) is 26.8. The molecular formula is C28H38N2O8. The summed E-state index contributed by atoms with van der Waals surface area (Å²) in [5.74, 6) is -0.376. The van der Waals surface area contributed by atoms with E-state index in [2.05, 4.69) is 5.32 Å². The highest BCUT2D eigenvalue weighted by Gasteiger charge is 2.53. The number of ether oxygens (including phenoxy) is 3. The van der Waals surface area contributed by atoms with Crippen molar-refractivity contribution < 1.29 is 39.1 Å². The van der Waals surface area contributed by atoms with Crippen LogP contribution in [0.5, 0.6) is 11.5 Å². The lowest BCUT2D eigenvalue weighted by molar-refractivity contribution is -0.151. The maximum absolute atomic E-state index is 13.9. The van der Waals surface area contributed by atoms with Crippen LogP contribution in [0.1, 0.15) is 62.0 Å². The van der Waals surface area contributed by atoms with E-state index in [4.69, 9.17) is 14.2 Å². The molecular weight excluding hydrogens is 492 g/mol. The van der Waals surface area contributed by atoms with Crippen LogP contribution in [-0.2, 0) is 20.9 Å². The summed E-state index contributed by atoms with van der Waals surface area (Å²) in [6, 6.07) is 2.57. The minimum Gasteiger partial charge on any atom is -0.493 e. The van der Waals surface area contributed by atoms with Gasteiger partial charge in [0.25, 0.3) is 5.91 Å². The van der Waals surface area contributed by atoms with Crippen molar-refractivity contribution in [2.75, 3.05) is 26.9 Å². The number of methoxy groups -OCH3 is 1. The molecule has 10 heteroatoms. The van der Waals surface area contributed by atoms with Gasteiger partial charge in [-0.25, -0.2) is 0 Å². The molecule has 1 aromatic rings. The largest absolute Gasteiger partial charge is 0.493 e. The highest BCUT2D eigenvalue weighted by Crippen LogP contribution is 2.51. The molecule has 2 aliphatic carbocycles. The van der Waals surface area contributed by atoms with Crippen LogP contribution in [0.4, 0.5) is 0 Å². The van der Waals surface area contributed by atoms with Crippen molar-refractivity contribution in [3.8, 4) is 11.5 Å². The number of hydrogen-bond acceptors (Lipinski definition) is 8. The van der Waals surface area contributed by atoms with Gasteiger partial charge in [0.15, 0.2) is 11.5 Å². The molecule has 1 aromatic carbocycles. The van der Waals surface area contributed by atoms with E-state index in [9.17, 15) is 24.9 Å². The van der Waals surface area contributed by atoms with Crippen LogP contribution in [0, 0.1) is 0 Å². The molecule has 2 aliphatic heterocycles. The van der Waals surface area contributed by atoms with Gasteiger partial charge >= 0.3 is 0 Å². The fourth-order valence-electron chi connectivity index (χ4n) is 6.46. The van der Waals surface area contributed by atoms with E-state index in [1.165, 1.54) is 7.11 Å². The number of fused-ring (bicyclic) bond motifs is 3. The number of rotatable bonds is 8. The molecule has 0 bridgehead atoms. The Bertz CT molecular complexity index is 1060. The van der Waals surface area contributed by atoms with Gasteiger partial charge in [0.1, 0.15) is 18.3 Å². The summed E-state index contributed by atoms with van der Waals surface area (Å²) in [7, 11) is 1.50. The van der Waals surface area contributed by atoms with Crippen molar-refractivity contribution in [1.29, 1.82) is 0 Å². The topological polar surface area (TPSA) is 138 Å². The minimum atomic E-state index is -1.11. The zero-order valence-corrected chi connectivity index (χ0v) is 21.8. The number of aliphatic hydroxyl groups excluding tert-OH is 3. The first-order chi connectivity index (χ1) is 18.5. The van der Waals surface area contributed by atoms with Gasteiger partial charge in [0.05, 0.1) is 32.3 Å². The second-order valence-corrected chi connectivity index (χ2v) is 10.6. The Kier molecular flexibility index (Phi) is 8.23. The molecule has 4 aliphatic rings. The molecule has 4 N–H and O–H groups in total. The third kappa shape index (κ3) is 4.90. The molecule has 0 spiro atoms. The van der Waals surface area contributed by atoms with E-state index in [-0.39, 0.29) is 31.7 Å². The fourth-order valence-corrected chi connectivity index (χ4v) is 6.46. The highest BCUT2D eigenvalue weighted by molar-refractivity contribution is 5.96. The average molecular weight is 531 g/mol. The lowest BCUT2D eigenvalue weighted by Gasteiger charge is -2.45. The number of nitrogens with zero attached hydrogens (tertiary/aromatic N) is 1. The number of carbonyl (C=O) groups excluding carboxylic acids is 2. The van der Waals surface area contributed by atoms with E-state index < -0.39 is 36.2 Å². The smallest absolute Gasteiger partial charge is 0.252 e. The number of amides is 2. The molecule has 1 saturated heterocycles. The third-order valence-electron chi connectivity index (χ3n) is 8.24. The van der Waals surface area contributed by atoms with Crippen LogP contribution >= 0.6 is 0 Å². The predicted octanol–water partition coefficient (Wildman–Crippen LogP) is 1.15. The summed E-state index contributed by atoms with van der Waals surface area (Å²) in [4.78, 5) is 29.1. The Morgan fingerprint density at radius 2 is 1.92 bits per heavy atom. The van der Waals surface area contributed by atoms with Gasteiger partial charge in [-0.2, -0.15) is 0 Å². The number of aliphatic hydroxyl groups is 3. The quantitative estimate of drug-likeness (QED) is 0.393. The molecule has 0 aromatic heterocycles. The van der Waals surface area contributed by atoms with Crippen LogP contribution in [0.15, 0.2) is 23.8 Å². The molecule has 2 amide bonds. The first-order valence-corrected chi connectivity index (χ1v) is 13.7. The van der Waals surface area contributed by atoms with Gasteiger partial charge in [-0.1, -0.05) is 19.3 Å². The van der Waals surface area contributed by atoms with Gasteiger partial charge in [0, 0.05) is 30.3 Å². The normalized spacial score (nSPS) is 28.6. The fraction of sp³-hybridized carbons (Fsp3) is 0.643. The molecule has 38 heavy (non-hydrogen) atoms. The van der Waals surface area contributed by atoms with Crippen LogP contribution in [0.25, 0.3) is 0 Å². The molecule has 1 saturated carbocycles. The highest BCUT2D eigenvalue weighted by atomic mass is 16.5. The Labute approximate surface area is 222 Å². The van der Waals surface area contributed by atoms with Gasteiger partial charge < -0.3 is 39.7 Å². The van der Waals surface area contributed by atoms with E-state index in [1.807, 2.05) is 0 Å². The summed E-state index contributed by atoms with van der Waals surface area (Å²) < 4.78 is 17.6. The first-order valence-electron chi connectivity index (χ1n) is 13.7. The maximum atomic E-state index is 13.9. The van der Waals surface area contributed by atoms with E-state index in [0.717, 1.165) is 38.5 Å². The lowest BCUT2D eigenvalue weighted by Crippen LogP contribution is -2.60. The van der Waals surface area contributed by atoms with Crippen molar-refractivity contribution in [1.82, 2.24) is 10.2 Å². The molecule has 1 unspecified atom stereocenters. The van der Waals surface area contributed by atoms with Gasteiger partial charge in [-0.3, -0.25) is 9.59 Å². The third-order valence-corrected chi connectivity index (χ3v) is 8.24. The summed E-state index contributed by atoms with van der Waals surface area (Å²) in [5, 5.41) is 33.7. The summed E-state index contributed by atoms with van der Waals surface area (Å²) in [5.41, 5.74) is 1.58. The summed E-state index contributed by atoms with van der Waals surface area (Å²) in [6.07, 6.45) is 5.36. The number of nitrogens with one attached hydrogen (secondary N) is 1. The van der Waals surface area contributed by atoms with Gasteiger partial charge in [-0.15, -0.1) is 0 Å². The monoisotopic (exact) mass is 530 g/mol. The van der Waals surface area contributed by atoms with Gasteiger partial charge in [-0.05, 0) is 49.5 Å². The van der Waals surface area contributed by atoms with Crippen molar-refractivity contribution in [3.63, 3.8) is 0 Å². The molecule has 5 atom stereocenters. The van der Waals surface area contributed by atoms with Crippen molar-refractivity contribution in [2.45, 2.75) is 87.9 Å². The number of benzene rings is 1. The lowest BCUT2D eigenvalue weighted by atomic mass is 9.76. The van der Waals surface area contributed by atoms with E-state index in [1.54, 1.807) is 23.1 Å². The Morgan fingerprint density at radius 1 is 1.13 bits per heavy atom. The first kappa shape index (κ1) is 26.9. The molecule has 208 valence electrons. The zero-order valence-electron chi connectivity index (χ0n) is 21.8. The molecule has 10 nitrogen and oxygen atoms in total. The van der Waals surface area contributed by atoms with Crippen LogP contribution in [0.2, 0.25) is 0 Å². The van der Waals surface area contributed by atoms with Crippen LogP contribution in [0.3, 0.4) is 0 Å². The van der Waals surface area contributed by atoms with Crippen LogP contribution in [-0.4, -0.2) is 89.3 Å². The Balaban J connectivity index is 1.59. The Morgan fingerprint density at radius 3 is 2.58 bits per heavy atom. The van der Waals surface area contributed by atoms with Crippen molar-refractivity contribution in [2.24, 2.45) is 0 Å². The summed E-state index contributed by atoms with van der Waals surface area (Å²) in [6.45, 7) is 0.145. The maximum Gasteiger partial charge on any atom is 0.252 e. The number of carbonyl (C=O) groups is 2. The standard InChI is InChI=1S/C28H38N2O8/c1-36-22-13-16(15-32)12-18-23-19(27(34)29-9-10-31)14-20(24(33)26(23)38-25(18)22)30(17-6-3-2-4-7-17)28(35)21-8-5-11-37-21/h12-14,17,20-21,23-24,26,31-33H,2-11,15H2,1H3,(H,29,34)/t20-,21?,23+,24+,26+/m1/s1. The average Bonchev–Trinajstić information content (AvgIpc) is 3.62. The molecule has 0 radical (unpaired) electrons. The van der Waals surface area contributed by atoms with Crippen LogP contribution < -0.4 is 14.8 Å². The second kappa shape index (κ2) is 11.6. The minimum absolute atomic E-state index is 0.0652. The van der Waals surface area contributed by atoms with E-state index >= 15 is 0 Å². The summed E-state index contributed by atoms with van der Waals surface area (Å²) >= 11 is 0. The molecule has 2 heterocycles. The molecule has 5 rings (SSSR count). The SMILES string of the molecule is COc1cc(CO)cc2c1O[C@@H]1[C@@H](O)[C@H](N(C(=O)C3CCCO3)C3CCCCC3)C=C(C(=O)NCCO)[C@H]21. The molecule has 2 fully saturated rings. The second-order valence-electron chi connectivity index (χ2n) is 10.6. The van der Waals surface area contributed by atoms with Crippen molar-refractivity contribution >= 4 is 11.8 Å².